The van der Waals surface area contributed by atoms with Crippen molar-refractivity contribution in [2.24, 2.45) is 0 Å². The molecular weight excluding hydrogens is 348 g/mol. The topological polar surface area (TPSA) is 42.0 Å². The summed E-state index contributed by atoms with van der Waals surface area (Å²) >= 11 is 8.91. The first kappa shape index (κ1) is 15.9. The summed E-state index contributed by atoms with van der Waals surface area (Å²) in [4.78, 5) is 16.5. The molecule has 2 aromatic carbocycles. The standard InChI is InChI=1S/C17H11ClN2OS2/c1-2-11-3-6-13(7-4-11)19-16(21)10-22-17-20-14-9-12(18)5-8-15(14)23-17/h1,3-9H,10H2,(H,19,21). The van der Waals surface area contributed by atoms with Gasteiger partial charge in [-0.15, -0.1) is 17.8 Å². The van der Waals surface area contributed by atoms with Gasteiger partial charge >= 0.3 is 0 Å². The lowest BCUT2D eigenvalue weighted by atomic mass is 10.2. The van der Waals surface area contributed by atoms with Crippen molar-refractivity contribution in [1.82, 2.24) is 4.98 Å². The maximum atomic E-state index is 12.0. The zero-order chi connectivity index (χ0) is 16.2. The summed E-state index contributed by atoms with van der Waals surface area (Å²) < 4.78 is 1.90. The minimum atomic E-state index is -0.0826. The minimum Gasteiger partial charge on any atom is -0.325 e. The maximum Gasteiger partial charge on any atom is 0.234 e. The van der Waals surface area contributed by atoms with E-state index in [1.165, 1.54) is 11.8 Å². The Hall–Kier alpha value is -2.00. The summed E-state index contributed by atoms with van der Waals surface area (Å²) in [6.45, 7) is 0. The van der Waals surface area contributed by atoms with Crippen molar-refractivity contribution in [3.8, 4) is 12.3 Å². The monoisotopic (exact) mass is 358 g/mol. The van der Waals surface area contributed by atoms with Gasteiger partial charge in [0, 0.05) is 16.3 Å². The number of terminal acetylenes is 1. The molecule has 0 radical (unpaired) electrons. The molecule has 1 aromatic heterocycles. The zero-order valence-corrected chi connectivity index (χ0v) is 14.3. The van der Waals surface area contributed by atoms with Crippen molar-refractivity contribution in [2.45, 2.75) is 4.34 Å². The van der Waals surface area contributed by atoms with Gasteiger partial charge in [-0.2, -0.15) is 0 Å². The molecule has 0 unspecified atom stereocenters. The van der Waals surface area contributed by atoms with Gasteiger partial charge in [-0.3, -0.25) is 4.79 Å². The Labute approximate surface area is 147 Å². The van der Waals surface area contributed by atoms with Crippen LogP contribution in [0.3, 0.4) is 0 Å². The number of amides is 1. The number of thiazole rings is 1. The van der Waals surface area contributed by atoms with E-state index in [1.54, 1.807) is 35.6 Å². The molecule has 1 amide bonds. The maximum absolute atomic E-state index is 12.0. The molecule has 1 heterocycles. The van der Waals surface area contributed by atoms with Crippen molar-refractivity contribution < 1.29 is 4.79 Å². The number of hydrogen-bond acceptors (Lipinski definition) is 4. The fraction of sp³-hybridized carbons (Fsp3) is 0.0588. The van der Waals surface area contributed by atoms with Crippen LogP contribution < -0.4 is 5.32 Å². The first-order chi connectivity index (χ1) is 11.1. The Balaban J connectivity index is 1.60. The van der Waals surface area contributed by atoms with Crippen LogP contribution in [0, 0.1) is 12.3 Å². The van der Waals surface area contributed by atoms with E-state index < -0.39 is 0 Å². The Morgan fingerprint density at radius 1 is 1.30 bits per heavy atom. The number of carbonyl (C=O) groups is 1. The van der Waals surface area contributed by atoms with E-state index in [-0.39, 0.29) is 5.91 Å². The molecule has 0 spiro atoms. The molecule has 0 bridgehead atoms. The van der Waals surface area contributed by atoms with Gasteiger partial charge in [0.15, 0.2) is 4.34 Å². The highest BCUT2D eigenvalue weighted by molar-refractivity contribution is 8.01. The fourth-order valence-electron chi connectivity index (χ4n) is 1.92. The second kappa shape index (κ2) is 7.05. The third-order valence-corrected chi connectivity index (χ3v) is 5.41. The van der Waals surface area contributed by atoms with Gasteiger partial charge in [0.05, 0.1) is 16.0 Å². The van der Waals surface area contributed by atoms with Crippen molar-refractivity contribution in [1.29, 1.82) is 0 Å². The van der Waals surface area contributed by atoms with Crippen molar-refractivity contribution in [3.05, 3.63) is 53.1 Å². The van der Waals surface area contributed by atoms with Crippen LogP contribution in [0.15, 0.2) is 46.8 Å². The molecule has 0 atom stereocenters. The highest BCUT2D eigenvalue weighted by Crippen LogP contribution is 2.31. The molecule has 0 fully saturated rings. The molecule has 3 aromatic rings. The number of thioether (sulfide) groups is 1. The Morgan fingerprint density at radius 3 is 2.83 bits per heavy atom. The van der Waals surface area contributed by atoms with Crippen LogP contribution in [0.1, 0.15) is 5.56 Å². The van der Waals surface area contributed by atoms with Crippen LogP contribution in [-0.4, -0.2) is 16.6 Å². The van der Waals surface area contributed by atoms with Gasteiger partial charge in [-0.05, 0) is 42.5 Å². The largest absolute Gasteiger partial charge is 0.325 e. The first-order valence-corrected chi connectivity index (χ1v) is 8.87. The number of halogens is 1. The summed E-state index contributed by atoms with van der Waals surface area (Å²) in [5.74, 6) is 2.75. The SMILES string of the molecule is C#Cc1ccc(NC(=O)CSc2nc3cc(Cl)ccc3s2)cc1. The summed E-state index contributed by atoms with van der Waals surface area (Å²) in [5.41, 5.74) is 2.37. The predicted molar refractivity (Wildman–Crippen MR) is 98.4 cm³/mol. The van der Waals surface area contributed by atoms with E-state index in [0.29, 0.717) is 10.8 Å². The molecule has 0 saturated heterocycles. The van der Waals surface area contributed by atoms with Gasteiger partial charge in [-0.1, -0.05) is 29.3 Å². The number of hydrogen-bond donors (Lipinski definition) is 1. The van der Waals surface area contributed by atoms with Crippen molar-refractivity contribution in [3.63, 3.8) is 0 Å². The number of fused-ring (bicyclic) bond motifs is 1. The normalized spacial score (nSPS) is 10.4. The van der Waals surface area contributed by atoms with Crippen LogP contribution in [0.25, 0.3) is 10.2 Å². The van der Waals surface area contributed by atoms with E-state index >= 15 is 0 Å². The Bertz CT molecular complexity index is 897. The third-order valence-electron chi connectivity index (χ3n) is 2.99. The average molecular weight is 359 g/mol. The lowest BCUT2D eigenvalue weighted by Crippen LogP contribution is -2.13. The van der Waals surface area contributed by atoms with Crippen molar-refractivity contribution in [2.75, 3.05) is 11.1 Å². The lowest BCUT2D eigenvalue weighted by molar-refractivity contribution is -0.113. The molecule has 6 heteroatoms. The van der Waals surface area contributed by atoms with E-state index in [4.69, 9.17) is 18.0 Å². The molecule has 0 saturated carbocycles. The van der Waals surface area contributed by atoms with E-state index in [2.05, 4.69) is 16.2 Å². The number of nitrogens with zero attached hydrogens (tertiary/aromatic N) is 1. The Kier molecular flexibility index (Phi) is 4.87. The number of anilines is 1. The second-order valence-electron chi connectivity index (χ2n) is 4.65. The molecule has 0 aliphatic rings. The molecule has 0 aliphatic heterocycles. The van der Waals surface area contributed by atoms with Crippen molar-refractivity contribution >= 4 is 56.5 Å². The average Bonchev–Trinajstić information content (AvgIpc) is 2.95. The highest BCUT2D eigenvalue weighted by atomic mass is 35.5. The van der Waals surface area contributed by atoms with Gasteiger partial charge in [0.2, 0.25) is 5.91 Å². The third kappa shape index (κ3) is 4.05. The van der Waals surface area contributed by atoms with E-state index in [1.807, 2.05) is 18.2 Å². The number of benzene rings is 2. The summed E-state index contributed by atoms with van der Waals surface area (Å²) in [7, 11) is 0. The highest BCUT2D eigenvalue weighted by Gasteiger charge is 2.08. The summed E-state index contributed by atoms with van der Waals surface area (Å²) in [6, 6.07) is 12.8. The quantitative estimate of drug-likeness (QED) is 0.544. The second-order valence-corrected chi connectivity index (χ2v) is 7.34. The van der Waals surface area contributed by atoms with Gasteiger partial charge < -0.3 is 5.32 Å². The summed E-state index contributed by atoms with van der Waals surface area (Å²) in [5, 5.41) is 3.49. The number of rotatable bonds is 4. The zero-order valence-electron chi connectivity index (χ0n) is 11.9. The molecular formula is C17H11ClN2OS2. The molecule has 1 N–H and O–H groups in total. The molecule has 114 valence electrons. The van der Waals surface area contributed by atoms with Gasteiger partial charge in [-0.25, -0.2) is 4.98 Å². The fourth-order valence-corrected chi connectivity index (χ4v) is 3.93. The summed E-state index contributed by atoms with van der Waals surface area (Å²) in [6.07, 6.45) is 5.30. The molecule has 0 aliphatic carbocycles. The molecule has 3 nitrogen and oxygen atoms in total. The lowest BCUT2D eigenvalue weighted by Gasteiger charge is -2.04. The number of carbonyl (C=O) groups excluding carboxylic acids is 1. The molecule has 23 heavy (non-hydrogen) atoms. The van der Waals surface area contributed by atoms with Crippen LogP contribution in [0.5, 0.6) is 0 Å². The van der Waals surface area contributed by atoms with E-state index in [0.717, 1.165) is 25.8 Å². The van der Waals surface area contributed by atoms with Gasteiger partial charge in [0.1, 0.15) is 0 Å². The Morgan fingerprint density at radius 2 is 2.09 bits per heavy atom. The molecule has 3 rings (SSSR count). The number of aromatic nitrogens is 1. The van der Waals surface area contributed by atoms with Crippen LogP contribution in [0.4, 0.5) is 5.69 Å². The van der Waals surface area contributed by atoms with Gasteiger partial charge in [0.25, 0.3) is 0 Å². The minimum absolute atomic E-state index is 0.0826. The smallest absolute Gasteiger partial charge is 0.234 e. The van der Waals surface area contributed by atoms with Crippen LogP contribution in [0.2, 0.25) is 5.02 Å². The van der Waals surface area contributed by atoms with Crippen LogP contribution >= 0.6 is 34.7 Å². The predicted octanol–water partition coefficient (Wildman–Crippen LogP) is 4.66. The number of nitrogens with one attached hydrogen (secondary N) is 1. The van der Waals surface area contributed by atoms with E-state index in [9.17, 15) is 4.79 Å². The first-order valence-electron chi connectivity index (χ1n) is 6.69. The van der Waals surface area contributed by atoms with Crippen LogP contribution in [-0.2, 0) is 4.79 Å².